The van der Waals surface area contributed by atoms with Crippen LogP contribution in [0.4, 0.5) is 10.1 Å². The first kappa shape index (κ1) is 18.4. The molecular formula is C20H23FN2O3. The van der Waals surface area contributed by atoms with Gasteiger partial charge in [0.15, 0.2) is 0 Å². The molecule has 5 nitrogen and oxygen atoms in total. The van der Waals surface area contributed by atoms with Gasteiger partial charge in [0.1, 0.15) is 18.2 Å². The largest absolute Gasteiger partial charge is 0.489 e. The maximum atomic E-state index is 13.2. The van der Waals surface area contributed by atoms with Gasteiger partial charge in [-0.25, -0.2) is 4.39 Å². The highest BCUT2D eigenvalue weighted by Crippen LogP contribution is 2.31. The summed E-state index contributed by atoms with van der Waals surface area (Å²) in [4.78, 5) is 12.7. The second kappa shape index (κ2) is 8.29. The number of anilines is 1. The van der Waals surface area contributed by atoms with Crippen LogP contribution in [0.5, 0.6) is 5.75 Å². The number of amides is 1. The molecule has 1 heterocycles. The number of carbonyl (C=O) groups excluding carboxylic acids is 1. The molecule has 0 unspecified atom stereocenters. The standard InChI is InChI=1S/C20H23FN2O3/c21-16-4-1-3-15(11-16)13-26-18-6-2-5-17(12-18)23-19(24)20(14-22)7-9-25-10-8-20/h1-6,11-12H,7-10,13-14,22H2,(H,23,24). The molecule has 3 rings (SSSR count). The SMILES string of the molecule is NCC1(C(=O)Nc2cccc(OCc3cccc(F)c3)c2)CCOCC1. The van der Waals surface area contributed by atoms with Crippen molar-refractivity contribution in [3.05, 3.63) is 59.9 Å². The van der Waals surface area contributed by atoms with Gasteiger partial charge in [0.05, 0.1) is 5.41 Å². The molecule has 0 aromatic heterocycles. The average molecular weight is 358 g/mol. The van der Waals surface area contributed by atoms with Gasteiger partial charge in [-0.15, -0.1) is 0 Å². The number of halogens is 1. The van der Waals surface area contributed by atoms with Crippen molar-refractivity contribution in [1.82, 2.24) is 0 Å². The molecule has 0 spiro atoms. The van der Waals surface area contributed by atoms with Crippen LogP contribution < -0.4 is 15.8 Å². The van der Waals surface area contributed by atoms with Crippen molar-refractivity contribution in [2.75, 3.05) is 25.1 Å². The molecule has 0 bridgehead atoms. The van der Waals surface area contributed by atoms with Gasteiger partial charge >= 0.3 is 0 Å². The van der Waals surface area contributed by atoms with E-state index in [0.29, 0.717) is 37.5 Å². The Morgan fingerprint density at radius 3 is 2.69 bits per heavy atom. The molecule has 1 aliphatic heterocycles. The number of carbonyl (C=O) groups is 1. The van der Waals surface area contributed by atoms with E-state index < -0.39 is 5.41 Å². The maximum absolute atomic E-state index is 13.2. The van der Waals surface area contributed by atoms with Crippen molar-refractivity contribution in [2.45, 2.75) is 19.4 Å². The van der Waals surface area contributed by atoms with Crippen LogP contribution in [-0.2, 0) is 16.1 Å². The van der Waals surface area contributed by atoms with Gasteiger partial charge in [0.25, 0.3) is 0 Å². The molecule has 26 heavy (non-hydrogen) atoms. The minimum absolute atomic E-state index is 0.0921. The number of hydrogen-bond donors (Lipinski definition) is 2. The van der Waals surface area contributed by atoms with Gasteiger partial charge in [-0.05, 0) is 42.7 Å². The third-order valence-corrected chi connectivity index (χ3v) is 4.71. The van der Waals surface area contributed by atoms with E-state index in [1.807, 2.05) is 0 Å². The summed E-state index contributed by atoms with van der Waals surface area (Å²) in [5.74, 6) is 0.210. The highest BCUT2D eigenvalue weighted by atomic mass is 19.1. The van der Waals surface area contributed by atoms with E-state index in [0.717, 1.165) is 5.56 Å². The number of nitrogens with one attached hydrogen (secondary N) is 1. The highest BCUT2D eigenvalue weighted by Gasteiger charge is 2.38. The van der Waals surface area contributed by atoms with E-state index in [1.165, 1.54) is 12.1 Å². The average Bonchev–Trinajstić information content (AvgIpc) is 2.67. The van der Waals surface area contributed by atoms with Crippen molar-refractivity contribution in [3.8, 4) is 5.75 Å². The predicted molar refractivity (Wildman–Crippen MR) is 97.3 cm³/mol. The molecule has 1 saturated heterocycles. The van der Waals surface area contributed by atoms with Gasteiger partial charge in [-0.3, -0.25) is 4.79 Å². The fourth-order valence-electron chi connectivity index (χ4n) is 3.01. The van der Waals surface area contributed by atoms with E-state index in [9.17, 15) is 9.18 Å². The zero-order valence-electron chi connectivity index (χ0n) is 14.5. The second-order valence-electron chi connectivity index (χ2n) is 6.50. The maximum Gasteiger partial charge on any atom is 0.232 e. The summed E-state index contributed by atoms with van der Waals surface area (Å²) >= 11 is 0. The molecule has 138 valence electrons. The highest BCUT2D eigenvalue weighted by molar-refractivity contribution is 5.95. The molecule has 2 aromatic rings. The van der Waals surface area contributed by atoms with Crippen LogP contribution in [0.3, 0.4) is 0 Å². The summed E-state index contributed by atoms with van der Waals surface area (Å²) in [6.45, 7) is 1.63. The van der Waals surface area contributed by atoms with Crippen LogP contribution in [0.25, 0.3) is 0 Å². The Morgan fingerprint density at radius 1 is 1.19 bits per heavy atom. The van der Waals surface area contributed by atoms with Crippen molar-refractivity contribution < 1.29 is 18.7 Å². The Hall–Kier alpha value is -2.44. The van der Waals surface area contributed by atoms with Crippen molar-refractivity contribution in [2.24, 2.45) is 11.1 Å². The lowest BCUT2D eigenvalue weighted by Gasteiger charge is -2.34. The molecule has 2 aromatic carbocycles. The number of benzene rings is 2. The van der Waals surface area contributed by atoms with Gasteiger partial charge < -0.3 is 20.5 Å². The first-order chi connectivity index (χ1) is 12.6. The van der Waals surface area contributed by atoms with Crippen LogP contribution in [0, 0.1) is 11.2 Å². The molecule has 1 aliphatic rings. The molecule has 0 aliphatic carbocycles. The Kier molecular flexibility index (Phi) is 5.85. The summed E-state index contributed by atoms with van der Waals surface area (Å²) in [6.07, 6.45) is 1.23. The molecule has 6 heteroatoms. The lowest BCUT2D eigenvalue weighted by atomic mass is 9.79. The van der Waals surface area contributed by atoms with Gasteiger partial charge in [-0.2, -0.15) is 0 Å². The van der Waals surface area contributed by atoms with Gasteiger partial charge in [0, 0.05) is 31.5 Å². The summed E-state index contributed by atoms with van der Waals surface area (Å²) in [5, 5.41) is 2.94. The van der Waals surface area contributed by atoms with Crippen molar-refractivity contribution in [1.29, 1.82) is 0 Å². The molecule has 1 amide bonds. The Bertz CT molecular complexity index is 760. The van der Waals surface area contributed by atoms with Crippen LogP contribution in [-0.4, -0.2) is 25.7 Å². The molecule has 1 fully saturated rings. The molecule has 0 radical (unpaired) electrons. The fraction of sp³-hybridized carbons (Fsp3) is 0.350. The van der Waals surface area contributed by atoms with E-state index >= 15 is 0 Å². The van der Waals surface area contributed by atoms with E-state index in [4.69, 9.17) is 15.2 Å². The smallest absolute Gasteiger partial charge is 0.232 e. The lowest BCUT2D eigenvalue weighted by molar-refractivity contribution is -0.130. The first-order valence-electron chi connectivity index (χ1n) is 8.68. The summed E-state index contributed by atoms with van der Waals surface area (Å²) in [6, 6.07) is 13.4. The normalized spacial score (nSPS) is 16.1. The fourth-order valence-corrected chi connectivity index (χ4v) is 3.01. The van der Waals surface area contributed by atoms with Crippen LogP contribution in [0.2, 0.25) is 0 Å². The molecule has 0 atom stereocenters. The zero-order chi connectivity index (χ0) is 18.4. The van der Waals surface area contributed by atoms with Crippen molar-refractivity contribution >= 4 is 11.6 Å². The molecule has 0 saturated carbocycles. The number of nitrogens with two attached hydrogens (primary N) is 1. The minimum Gasteiger partial charge on any atom is -0.489 e. The van der Waals surface area contributed by atoms with Crippen molar-refractivity contribution in [3.63, 3.8) is 0 Å². The summed E-state index contributed by atoms with van der Waals surface area (Å²) < 4.78 is 24.3. The number of ether oxygens (including phenoxy) is 2. The summed E-state index contributed by atoms with van der Waals surface area (Å²) in [5.41, 5.74) is 6.67. The Morgan fingerprint density at radius 2 is 1.96 bits per heavy atom. The Labute approximate surface area is 152 Å². The van der Waals surface area contributed by atoms with Gasteiger partial charge in [0.2, 0.25) is 5.91 Å². The monoisotopic (exact) mass is 358 g/mol. The van der Waals surface area contributed by atoms with Crippen LogP contribution in [0.1, 0.15) is 18.4 Å². The molecular weight excluding hydrogens is 335 g/mol. The first-order valence-corrected chi connectivity index (χ1v) is 8.68. The number of rotatable bonds is 6. The summed E-state index contributed by atoms with van der Waals surface area (Å²) in [7, 11) is 0. The quantitative estimate of drug-likeness (QED) is 0.832. The third kappa shape index (κ3) is 4.39. The zero-order valence-corrected chi connectivity index (χ0v) is 14.5. The van der Waals surface area contributed by atoms with E-state index in [1.54, 1.807) is 36.4 Å². The van der Waals surface area contributed by atoms with Crippen LogP contribution in [0.15, 0.2) is 48.5 Å². The van der Waals surface area contributed by atoms with Crippen LogP contribution >= 0.6 is 0 Å². The second-order valence-corrected chi connectivity index (χ2v) is 6.50. The van der Waals surface area contributed by atoms with E-state index in [-0.39, 0.29) is 24.9 Å². The predicted octanol–water partition coefficient (Wildman–Crippen LogP) is 3.10. The molecule has 3 N–H and O–H groups in total. The third-order valence-electron chi connectivity index (χ3n) is 4.71. The topological polar surface area (TPSA) is 73.6 Å². The Balaban J connectivity index is 1.64. The number of hydrogen-bond acceptors (Lipinski definition) is 4. The van der Waals surface area contributed by atoms with E-state index in [2.05, 4.69) is 5.32 Å². The lowest BCUT2D eigenvalue weighted by Crippen LogP contribution is -2.46. The van der Waals surface area contributed by atoms with Gasteiger partial charge in [-0.1, -0.05) is 18.2 Å². The minimum atomic E-state index is -0.587.